The molecular weight excluding hydrogens is 486 g/mol. The van der Waals surface area contributed by atoms with Gasteiger partial charge in [0.25, 0.3) is 0 Å². The summed E-state index contributed by atoms with van der Waals surface area (Å²) < 4.78 is 15.5. The molecule has 8 nitrogen and oxygen atoms in total. The lowest BCUT2D eigenvalue weighted by molar-refractivity contribution is -0.0296. The second kappa shape index (κ2) is 19.7. The van der Waals surface area contributed by atoms with E-state index in [1.807, 2.05) is 0 Å². The molecular formula is C30H51NO7. The van der Waals surface area contributed by atoms with E-state index in [0.29, 0.717) is 12.2 Å². The number of ether oxygens (including phenoxy) is 3. The minimum Gasteiger partial charge on any atom is -0.444 e. The van der Waals surface area contributed by atoms with Crippen molar-refractivity contribution in [2.24, 2.45) is 0 Å². The highest BCUT2D eigenvalue weighted by atomic mass is 16.7. The standard InChI is InChI=1S/C30H51NO7/c1-5-6-7-8-9-10-11-12-13-14-15-19-22-26(32)27(33)25(31-28(34)38-30(2,3)4)23-36-29(35)37-24-20-17-16-18-21-24/h16-18,20-21,25-27,32-33H,5-15,19,22-23H2,1-4H3,(H,31,34)/t25-,26+,27-/m0/s1. The highest BCUT2D eigenvalue weighted by Gasteiger charge is 2.30. The molecule has 3 N–H and O–H groups in total. The molecule has 38 heavy (non-hydrogen) atoms. The Morgan fingerprint density at radius 3 is 1.89 bits per heavy atom. The van der Waals surface area contributed by atoms with Crippen LogP contribution in [0, 0.1) is 0 Å². The van der Waals surface area contributed by atoms with E-state index in [0.717, 1.165) is 19.3 Å². The number of carbonyl (C=O) groups excluding carboxylic acids is 2. The van der Waals surface area contributed by atoms with Gasteiger partial charge in [0.15, 0.2) is 0 Å². The number of para-hydroxylation sites is 1. The van der Waals surface area contributed by atoms with Crippen LogP contribution in [0.25, 0.3) is 0 Å². The van der Waals surface area contributed by atoms with E-state index in [2.05, 4.69) is 12.2 Å². The van der Waals surface area contributed by atoms with Crippen molar-refractivity contribution in [1.29, 1.82) is 0 Å². The van der Waals surface area contributed by atoms with Crippen LogP contribution in [0.5, 0.6) is 5.75 Å². The van der Waals surface area contributed by atoms with Gasteiger partial charge >= 0.3 is 12.2 Å². The summed E-state index contributed by atoms with van der Waals surface area (Å²) in [6.07, 6.45) is 10.6. The molecule has 1 aromatic rings. The van der Waals surface area contributed by atoms with Gasteiger partial charge in [0.1, 0.15) is 24.1 Å². The molecule has 8 heteroatoms. The lowest BCUT2D eigenvalue weighted by Crippen LogP contribution is -2.52. The van der Waals surface area contributed by atoms with E-state index >= 15 is 0 Å². The van der Waals surface area contributed by atoms with Crippen molar-refractivity contribution in [3.8, 4) is 5.75 Å². The number of unbranched alkanes of at least 4 members (excludes halogenated alkanes) is 11. The minimum absolute atomic E-state index is 0.307. The van der Waals surface area contributed by atoms with Gasteiger partial charge in [-0.1, -0.05) is 102 Å². The number of hydrogen-bond donors (Lipinski definition) is 3. The van der Waals surface area contributed by atoms with Crippen molar-refractivity contribution in [3.63, 3.8) is 0 Å². The van der Waals surface area contributed by atoms with Gasteiger partial charge < -0.3 is 29.7 Å². The fourth-order valence-corrected chi connectivity index (χ4v) is 4.09. The smallest absolute Gasteiger partial charge is 0.444 e. The Hall–Kier alpha value is -2.32. The first-order valence-electron chi connectivity index (χ1n) is 14.4. The van der Waals surface area contributed by atoms with Crippen molar-refractivity contribution in [2.75, 3.05) is 6.61 Å². The van der Waals surface area contributed by atoms with E-state index in [-0.39, 0.29) is 6.61 Å². The summed E-state index contributed by atoms with van der Waals surface area (Å²) >= 11 is 0. The first kappa shape index (κ1) is 33.7. The molecule has 1 amide bonds. The Morgan fingerprint density at radius 1 is 0.842 bits per heavy atom. The summed E-state index contributed by atoms with van der Waals surface area (Å²) in [5.74, 6) is 0.307. The van der Waals surface area contributed by atoms with Gasteiger partial charge in [0.05, 0.1) is 12.1 Å². The van der Waals surface area contributed by atoms with Crippen molar-refractivity contribution < 1.29 is 34.0 Å². The van der Waals surface area contributed by atoms with Crippen LogP contribution in [0.1, 0.15) is 111 Å². The van der Waals surface area contributed by atoms with Crippen molar-refractivity contribution in [1.82, 2.24) is 5.32 Å². The van der Waals surface area contributed by atoms with Crippen LogP contribution in [0.3, 0.4) is 0 Å². The maximum absolute atomic E-state index is 12.3. The molecule has 0 aliphatic rings. The van der Waals surface area contributed by atoms with Crippen LogP contribution < -0.4 is 10.1 Å². The lowest BCUT2D eigenvalue weighted by atomic mass is 9.99. The monoisotopic (exact) mass is 537 g/mol. The summed E-state index contributed by atoms with van der Waals surface area (Å²) in [6.45, 7) is 7.00. The first-order chi connectivity index (χ1) is 18.1. The summed E-state index contributed by atoms with van der Waals surface area (Å²) in [5, 5.41) is 23.8. The normalized spacial score (nSPS) is 13.8. The number of amides is 1. The Labute approximate surface area is 229 Å². The second-order valence-electron chi connectivity index (χ2n) is 11.0. The zero-order valence-corrected chi connectivity index (χ0v) is 24.0. The van der Waals surface area contributed by atoms with Gasteiger partial charge in [0, 0.05) is 0 Å². The number of nitrogens with one attached hydrogen (secondary N) is 1. The Morgan fingerprint density at radius 2 is 1.37 bits per heavy atom. The van der Waals surface area contributed by atoms with Gasteiger partial charge in [-0.15, -0.1) is 0 Å². The van der Waals surface area contributed by atoms with E-state index < -0.39 is 36.1 Å². The summed E-state index contributed by atoms with van der Waals surface area (Å²) in [6, 6.07) is 7.35. The SMILES string of the molecule is CCCCCCCCCCCCCC[C@@H](O)[C@@H](O)[C@H](COC(=O)Oc1ccccc1)NC(=O)OC(C)(C)C. The van der Waals surface area contributed by atoms with Crippen molar-refractivity contribution >= 4 is 12.2 Å². The molecule has 0 saturated heterocycles. The van der Waals surface area contributed by atoms with Crippen LogP contribution in [0.4, 0.5) is 9.59 Å². The quantitative estimate of drug-likeness (QED) is 0.0998. The molecule has 0 aliphatic heterocycles. The third-order valence-corrected chi connectivity index (χ3v) is 6.19. The van der Waals surface area contributed by atoms with Gasteiger partial charge in [0.2, 0.25) is 0 Å². The maximum atomic E-state index is 12.3. The largest absolute Gasteiger partial charge is 0.513 e. The van der Waals surface area contributed by atoms with Gasteiger partial charge in [-0.25, -0.2) is 9.59 Å². The number of aliphatic hydroxyl groups is 2. The molecule has 0 radical (unpaired) electrons. The van der Waals surface area contributed by atoms with Crippen LogP contribution in [-0.2, 0) is 9.47 Å². The minimum atomic E-state index is -1.35. The highest BCUT2D eigenvalue weighted by molar-refractivity contribution is 5.68. The fourth-order valence-electron chi connectivity index (χ4n) is 4.09. The molecule has 218 valence electrons. The Balaban J connectivity index is 2.41. The Kier molecular flexibility index (Phi) is 17.5. The predicted molar refractivity (Wildman–Crippen MR) is 149 cm³/mol. The Bertz CT molecular complexity index is 751. The molecule has 0 saturated carbocycles. The molecule has 0 aromatic heterocycles. The fraction of sp³-hybridized carbons (Fsp3) is 0.733. The number of benzene rings is 1. The molecule has 0 spiro atoms. The molecule has 3 atom stereocenters. The van der Waals surface area contributed by atoms with E-state index in [1.165, 1.54) is 57.8 Å². The van der Waals surface area contributed by atoms with Crippen LogP contribution in [-0.4, -0.2) is 52.9 Å². The van der Waals surface area contributed by atoms with Crippen LogP contribution in [0.2, 0.25) is 0 Å². The number of carbonyl (C=O) groups is 2. The molecule has 0 heterocycles. The second-order valence-corrected chi connectivity index (χ2v) is 11.0. The summed E-state index contributed by atoms with van der Waals surface area (Å²) in [5.41, 5.74) is -0.750. The zero-order chi connectivity index (χ0) is 28.2. The van der Waals surface area contributed by atoms with E-state index in [1.54, 1.807) is 51.1 Å². The topological polar surface area (TPSA) is 114 Å². The molecule has 0 bridgehead atoms. The van der Waals surface area contributed by atoms with Gasteiger partial charge in [-0.3, -0.25) is 0 Å². The lowest BCUT2D eigenvalue weighted by Gasteiger charge is -2.28. The molecule has 1 rings (SSSR count). The third-order valence-electron chi connectivity index (χ3n) is 6.19. The molecule has 0 fully saturated rings. The number of rotatable bonds is 19. The maximum Gasteiger partial charge on any atom is 0.513 e. The predicted octanol–water partition coefficient (Wildman–Crippen LogP) is 6.91. The number of aliphatic hydroxyl groups excluding tert-OH is 2. The highest BCUT2D eigenvalue weighted by Crippen LogP contribution is 2.16. The molecule has 0 aliphatic carbocycles. The summed E-state index contributed by atoms with van der Waals surface area (Å²) in [7, 11) is 0. The number of hydrogen-bond acceptors (Lipinski definition) is 7. The van der Waals surface area contributed by atoms with Crippen LogP contribution >= 0.6 is 0 Å². The van der Waals surface area contributed by atoms with E-state index in [4.69, 9.17) is 14.2 Å². The average molecular weight is 538 g/mol. The van der Waals surface area contributed by atoms with Crippen molar-refractivity contribution in [3.05, 3.63) is 30.3 Å². The first-order valence-corrected chi connectivity index (χ1v) is 14.4. The molecule has 0 unspecified atom stereocenters. The average Bonchev–Trinajstić information content (AvgIpc) is 2.86. The summed E-state index contributed by atoms with van der Waals surface area (Å²) in [4.78, 5) is 24.4. The number of alkyl carbamates (subject to hydrolysis) is 1. The van der Waals surface area contributed by atoms with E-state index in [9.17, 15) is 19.8 Å². The van der Waals surface area contributed by atoms with Gasteiger partial charge in [-0.2, -0.15) is 0 Å². The molecule has 1 aromatic carbocycles. The van der Waals surface area contributed by atoms with Crippen LogP contribution in [0.15, 0.2) is 30.3 Å². The zero-order valence-electron chi connectivity index (χ0n) is 24.0. The van der Waals surface area contributed by atoms with Crippen molar-refractivity contribution in [2.45, 2.75) is 135 Å². The van der Waals surface area contributed by atoms with Gasteiger partial charge in [-0.05, 0) is 39.3 Å². The third kappa shape index (κ3) is 17.2.